The maximum Gasteiger partial charge on any atom is 0.193 e. The lowest BCUT2D eigenvalue weighted by atomic mass is 10.1. The van der Waals surface area contributed by atoms with Gasteiger partial charge in [-0.15, -0.1) is 24.0 Å². The first-order valence-electron chi connectivity index (χ1n) is 6.25. The predicted molar refractivity (Wildman–Crippen MR) is 91.9 cm³/mol. The van der Waals surface area contributed by atoms with Crippen molar-refractivity contribution in [1.82, 2.24) is 0 Å². The van der Waals surface area contributed by atoms with Gasteiger partial charge < -0.3 is 11.1 Å². The SMILES string of the molecule is I.NC(=NCC1CCCSC1)Nc1cc(F)ccc1F. The summed E-state index contributed by atoms with van der Waals surface area (Å²) in [5.41, 5.74) is 5.70. The number of nitrogens with one attached hydrogen (secondary N) is 1. The molecule has 0 aliphatic carbocycles. The molecule has 112 valence electrons. The van der Waals surface area contributed by atoms with Crippen molar-refractivity contribution >= 4 is 47.4 Å². The van der Waals surface area contributed by atoms with Crippen LogP contribution in [-0.2, 0) is 0 Å². The number of nitrogens with two attached hydrogens (primary N) is 1. The van der Waals surface area contributed by atoms with Crippen LogP contribution in [0.25, 0.3) is 0 Å². The van der Waals surface area contributed by atoms with Crippen molar-refractivity contribution in [3.05, 3.63) is 29.8 Å². The van der Waals surface area contributed by atoms with E-state index in [0.29, 0.717) is 12.5 Å². The van der Waals surface area contributed by atoms with Gasteiger partial charge in [0.05, 0.1) is 5.69 Å². The van der Waals surface area contributed by atoms with Crippen LogP contribution in [0.2, 0.25) is 0 Å². The van der Waals surface area contributed by atoms with Crippen molar-refractivity contribution < 1.29 is 8.78 Å². The molecule has 1 aliphatic rings. The largest absolute Gasteiger partial charge is 0.370 e. The molecule has 1 atom stereocenters. The Morgan fingerprint density at radius 3 is 2.95 bits per heavy atom. The van der Waals surface area contributed by atoms with Crippen LogP contribution in [0.15, 0.2) is 23.2 Å². The van der Waals surface area contributed by atoms with E-state index in [1.165, 1.54) is 12.2 Å². The van der Waals surface area contributed by atoms with Crippen LogP contribution >= 0.6 is 35.7 Å². The summed E-state index contributed by atoms with van der Waals surface area (Å²) in [5, 5.41) is 2.60. The summed E-state index contributed by atoms with van der Waals surface area (Å²) in [4.78, 5) is 4.19. The average Bonchev–Trinajstić information content (AvgIpc) is 2.42. The highest BCUT2D eigenvalue weighted by atomic mass is 127. The molecule has 0 amide bonds. The van der Waals surface area contributed by atoms with Gasteiger partial charge in [-0.1, -0.05) is 0 Å². The molecule has 3 nitrogen and oxygen atoms in total. The van der Waals surface area contributed by atoms with Crippen LogP contribution in [0.3, 0.4) is 0 Å². The van der Waals surface area contributed by atoms with E-state index in [0.717, 1.165) is 30.4 Å². The first-order chi connectivity index (χ1) is 9.15. The quantitative estimate of drug-likeness (QED) is 0.454. The van der Waals surface area contributed by atoms with E-state index in [-0.39, 0.29) is 35.6 Å². The van der Waals surface area contributed by atoms with Gasteiger partial charge in [0.2, 0.25) is 0 Å². The van der Waals surface area contributed by atoms with E-state index in [9.17, 15) is 8.78 Å². The van der Waals surface area contributed by atoms with E-state index < -0.39 is 11.6 Å². The third-order valence-electron chi connectivity index (χ3n) is 2.97. The van der Waals surface area contributed by atoms with Crippen molar-refractivity contribution in [3.63, 3.8) is 0 Å². The summed E-state index contributed by atoms with van der Waals surface area (Å²) in [6.07, 6.45) is 2.36. The Morgan fingerprint density at radius 1 is 1.45 bits per heavy atom. The van der Waals surface area contributed by atoms with Crippen molar-refractivity contribution in [2.75, 3.05) is 23.4 Å². The monoisotopic (exact) mass is 413 g/mol. The van der Waals surface area contributed by atoms with Crippen molar-refractivity contribution in [2.24, 2.45) is 16.6 Å². The summed E-state index contributed by atoms with van der Waals surface area (Å²) >= 11 is 1.92. The molecule has 7 heteroatoms. The molecule has 0 radical (unpaired) electrons. The lowest BCUT2D eigenvalue weighted by Crippen LogP contribution is -2.25. The number of thioether (sulfide) groups is 1. The second-order valence-corrected chi connectivity index (χ2v) is 5.71. The van der Waals surface area contributed by atoms with Gasteiger partial charge >= 0.3 is 0 Å². The molecule has 0 aromatic heterocycles. The van der Waals surface area contributed by atoms with Gasteiger partial charge in [0.1, 0.15) is 11.6 Å². The number of guanidine groups is 1. The zero-order valence-electron chi connectivity index (χ0n) is 10.9. The number of anilines is 1. The molecule has 1 saturated heterocycles. The van der Waals surface area contributed by atoms with E-state index in [1.54, 1.807) is 0 Å². The maximum absolute atomic E-state index is 13.4. The van der Waals surface area contributed by atoms with Gasteiger partial charge in [-0.3, -0.25) is 4.99 Å². The minimum atomic E-state index is -0.548. The normalized spacial score (nSPS) is 19.3. The average molecular weight is 413 g/mol. The smallest absolute Gasteiger partial charge is 0.193 e. The number of aliphatic imine (C=N–C) groups is 1. The molecule has 1 fully saturated rings. The van der Waals surface area contributed by atoms with Crippen LogP contribution in [0, 0.1) is 17.6 Å². The summed E-state index contributed by atoms with van der Waals surface area (Å²) in [6, 6.07) is 3.18. The van der Waals surface area contributed by atoms with Crippen LogP contribution < -0.4 is 11.1 Å². The Balaban J connectivity index is 0.00000200. The van der Waals surface area contributed by atoms with Crippen molar-refractivity contribution in [1.29, 1.82) is 0 Å². The third kappa shape index (κ3) is 5.43. The van der Waals surface area contributed by atoms with Crippen molar-refractivity contribution in [2.45, 2.75) is 12.8 Å². The maximum atomic E-state index is 13.4. The second-order valence-electron chi connectivity index (χ2n) is 4.56. The molecule has 1 unspecified atom stereocenters. The lowest BCUT2D eigenvalue weighted by Gasteiger charge is -2.19. The molecule has 0 spiro atoms. The first kappa shape index (κ1) is 17.5. The summed E-state index contributed by atoms with van der Waals surface area (Å²) in [5.74, 6) is 1.89. The molecule has 0 bridgehead atoms. The predicted octanol–water partition coefficient (Wildman–Crippen LogP) is 3.45. The summed E-state index contributed by atoms with van der Waals surface area (Å²) < 4.78 is 26.4. The standard InChI is InChI=1S/C13H17F2N3S.HI/c14-10-3-4-11(15)12(6-10)18-13(16)17-7-9-2-1-5-19-8-9;/h3-4,6,9H,1-2,5,7-8H2,(H3,16,17,18);1H. The molecule has 2 rings (SSSR count). The summed E-state index contributed by atoms with van der Waals surface area (Å²) in [6.45, 7) is 0.628. The van der Waals surface area contributed by atoms with Crippen LogP contribution in [0.1, 0.15) is 12.8 Å². The highest BCUT2D eigenvalue weighted by Crippen LogP contribution is 2.22. The summed E-state index contributed by atoms with van der Waals surface area (Å²) in [7, 11) is 0. The number of halogens is 3. The van der Waals surface area contributed by atoms with Gasteiger partial charge in [-0.05, 0) is 42.4 Å². The van der Waals surface area contributed by atoms with Gasteiger partial charge in [0.15, 0.2) is 5.96 Å². The molecule has 0 saturated carbocycles. The fourth-order valence-corrected chi connectivity index (χ4v) is 3.09. The number of hydrogen-bond acceptors (Lipinski definition) is 2. The topological polar surface area (TPSA) is 50.4 Å². The highest BCUT2D eigenvalue weighted by Gasteiger charge is 2.13. The Kier molecular flexibility index (Phi) is 7.57. The molecular formula is C13H18F2IN3S. The fraction of sp³-hybridized carbons (Fsp3) is 0.462. The van der Waals surface area contributed by atoms with Gasteiger partial charge in [-0.25, -0.2) is 8.78 Å². The van der Waals surface area contributed by atoms with Crippen LogP contribution in [0.5, 0.6) is 0 Å². The number of hydrogen-bond donors (Lipinski definition) is 2. The highest BCUT2D eigenvalue weighted by molar-refractivity contribution is 14.0. The molecule has 1 heterocycles. The first-order valence-corrected chi connectivity index (χ1v) is 7.40. The lowest BCUT2D eigenvalue weighted by molar-refractivity contribution is 0.535. The zero-order chi connectivity index (χ0) is 13.7. The van der Waals surface area contributed by atoms with Crippen LogP contribution in [-0.4, -0.2) is 24.0 Å². The molecule has 3 N–H and O–H groups in total. The molecule has 1 aliphatic heterocycles. The Morgan fingerprint density at radius 2 is 2.25 bits per heavy atom. The van der Waals surface area contributed by atoms with E-state index in [1.807, 2.05) is 11.8 Å². The minimum absolute atomic E-state index is 0. The van der Waals surface area contributed by atoms with Crippen molar-refractivity contribution in [3.8, 4) is 0 Å². The zero-order valence-corrected chi connectivity index (χ0v) is 14.1. The van der Waals surface area contributed by atoms with E-state index in [4.69, 9.17) is 5.73 Å². The molecule has 1 aromatic carbocycles. The molecular weight excluding hydrogens is 395 g/mol. The number of benzene rings is 1. The molecule has 1 aromatic rings. The van der Waals surface area contributed by atoms with Gasteiger partial charge in [0.25, 0.3) is 0 Å². The molecule has 20 heavy (non-hydrogen) atoms. The van der Waals surface area contributed by atoms with Gasteiger partial charge in [0, 0.05) is 12.6 Å². The Labute approximate surface area is 138 Å². The van der Waals surface area contributed by atoms with E-state index >= 15 is 0 Å². The third-order valence-corrected chi connectivity index (χ3v) is 4.25. The van der Waals surface area contributed by atoms with Crippen LogP contribution in [0.4, 0.5) is 14.5 Å². The second kappa shape index (κ2) is 8.66. The van der Waals surface area contributed by atoms with E-state index in [2.05, 4.69) is 10.3 Å². The van der Waals surface area contributed by atoms with Gasteiger partial charge in [-0.2, -0.15) is 11.8 Å². The minimum Gasteiger partial charge on any atom is -0.370 e. The number of rotatable bonds is 3. The Hall–Kier alpha value is -0.570. The number of nitrogens with zero attached hydrogens (tertiary/aromatic N) is 1. The Bertz CT molecular complexity index is 465. The fourth-order valence-electron chi connectivity index (χ4n) is 1.95.